The van der Waals surface area contributed by atoms with E-state index in [1.54, 1.807) is 0 Å². The predicted octanol–water partition coefficient (Wildman–Crippen LogP) is 2.48. The fraction of sp³-hybridized carbons (Fsp3) is 0.533. The Morgan fingerprint density at radius 2 is 1.90 bits per heavy atom. The molecule has 0 radical (unpaired) electrons. The van der Waals surface area contributed by atoms with Crippen molar-refractivity contribution in [3.63, 3.8) is 0 Å². The van der Waals surface area contributed by atoms with Crippen LogP contribution < -0.4 is 10.6 Å². The number of hydrogen-bond donors (Lipinski definition) is 2. The van der Waals surface area contributed by atoms with Gasteiger partial charge < -0.3 is 15.5 Å². The fourth-order valence-electron chi connectivity index (χ4n) is 2.35. The number of piperidine rings is 1. The Bertz CT molecular complexity index is 427. The second kappa shape index (κ2) is 7.50. The summed E-state index contributed by atoms with van der Waals surface area (Å²) < 4.78 is 0. The van der Waals surface area contributed by atoms with Crippen LogP contribution in [-0.4, -0.2) is 37.6 Å². The summed E-state index contributed by atoms with van der Waals surface area (Å²) in [7, 11) is 2.14. The Morgan fingerprint density at radius 1 is 1.25 bits per heavy atom. The average molecular weight is 296 g/mol. The maximum Gasteiger partial charge on any atom is 0.315 e. The van der Waals surface area contributed by atoms with E-state index in [1.165, 1.54) is 0 Å². The molecule has 5 heteroatoms. The molecule has 1 aliphatic heterocycles. The lowest BCUT2D eigenvalue weighted by atomic mass is 9.97. The van der Waals surface area contributed by atoms with Gasteiger partial charge in [-0.25, -0.2) is 4.79 Å². The fourth-order valence-corrected chi connectivity index (χ4v) is 2.48. The van der Waals surface area contributed by atoms with Crippen LogP contribution in [0.2, 0.25) is 5.02 Å². The molecule has 4 nitrogen and oxygen atoms in total. The largest absolute Gasteiger partial charge is 0.338 e. The Hall–Kier alpha value is -1.26. The molecule has 0 aliphatic carbocycles. The van der Waals surface area contributed by atoms with Crippen molar-refractivity contribution < 1.29 is 4.79 Å². The van der Waals surface area contributed by atoms with Crippen LogP contribution in [-0.2, 0) is 6.54 Å². The number of nitrogens with one attached hydrogen (secondary N) is 2. The monoisotopic (exact) mass is 295 g/mol. The first-order chi connectivity index (χ1) is 9.63. The van der Waals surface area contributed by atoms with Crippen molar-refractivity contribution in [3.8, 4) is 0 Å². The van der Waals surface area contributed by atoms with Crippen LogP contribution in [0.15, 0.2) is 24.3 Å². The summed E-state index contributed by atoms with van der Waals surface area (Å²) >= 11 is 5.82. The first-order valence-electron chi connectivity index (χ1n) is 7.08. The molecule has 0 bridgehead atoms. The molecular weight excluding hydrogens is 274 g/mol. The van der Waals surface area contributed by atoms with Gasteiger partial charge in [0, 0.05) is 18.1 Å². The normalized spacial score (nSPS) is 16.9. The third kappa shape index (κ3) is 5.02. The zero-order chi connectivity index (χ0) is 14.4. The molecule has 0 saturated carbocycles. The van der Waals surface area contributed by atoms with Crippen LogP contribution in [0.25, 0.3) is 0 Å². The van der Waals surface area contributed by atoms with Gasteiger partial charge in [-0.3, -0.25) is 0 Å². The number of hydrogen-bond acceptors (Lipinski definition) is 2. The molecule has 2 N–H and O–H groups in total. The van der Waals surface area contributed by atoms with Crippen LogP contribution in [0.1, 0.15) is 18.4 Å². The van der Waals surface area contributed by atoms with E-state index < -0.39 is 0 Å². The Balaban J connectivity index is 1.64. The lowest BCUT2D eigenvalue weighted by molar-refractivity contribution is 0.210. The van der Waals surface area contributed by atoms with Crippen LogP contribution in [0.4, 0.5) is 4.79 Å². The zero-order valence-electron chi connectivity index (χ0n) is 11.9. The summed E-state index contributed by atoms with van der Waals surface area (Å²) in [6, 6.07) is 7.39. The number of benzene rings is 1. The second-order valence-electron chi connectivity index (χ2n) is 5.44. The minimum atomic E-state index is -0.0983. The van der Waals surface area contributed by atoms with E-state index in [0.29, 0.717) is 17.5 Å². The molecule has 0 aromatic heterocycles. The van der Waals surface area contributed by atoms with E-state index in [-0.39, 0.29) is 6.03 Å². The summed E-state index contributed by atoms with van der Waals surface area (Å²) in [4.78, 5) is 14.1. The van der Waals surface area contributed by atoms with Gasteiger partial charge in [0.25, 0.3) is 0 Å². The first-order valence-corrected chi connectivity index (χ1v) is 7.46. The summed E-state index contributed by atoms with van der Waals surface area (Å²) in [6.07, 6.45) is 2.32. The van der Waals surface area contributed by atoms with Gasteiger partial charge in [-0.1, -0.05) is 23.7 Å². The Labute approximate surface area is 125 Å². The summed E-state index contributed by atoms with van der Waals surface area (Å²) in [5.74, 6) is 0.604. The topological polar surface area (TPSA) is 44.4 Å². The van der Waals surface area contributed by atoms with Crippen molar-refractivity contribution in [1.29, 1.82) is 0 Å². The molecule has 0 spiro atoms. The van der Waals surface area contributed by atoms with E-state index in [0.717, 1.165) is 38.0 Å². The molecule has 1 aliphatic rings. The number of halogens is 1. The van der Waals surface area contributed by atoms with E-state index in [9.17, 15) is 4.79 Å². The molecule has 1 aromatic rings. The predicted molar refractivity (Wildman–Crippen MR) is 81.9 cm³/mol. The number of carbonyl (C=O) groups excluding carboxylic acids is 1. The highest BCUT2D eigenvalue weighted by molar-refractivity contribution is 6.30. The number of likely N-dealkylation sites (tertiary alicyclic amines) is 1. The molecule has 2 amide bonds. The first kappa shape index (κ1) is 15.1. The van der Waals surface area contributed by atoms with Gasteiger partial charge >= 0.3 is 6.03 Å². The third-order valence-corrected chi connectivity index (χ3v) is 4.01. The van der Waals surface area contributed by atoms with Crippen molar-refractivity contribution in [2.75, 3.05) is 26.7 Å². The van der Waals surface area contributed by atoms with Crippen LogP contribution >= 0.6 is 11.6 Å². The molecule has 1 aromatic carbocycles. The van der Waals surface area contributed by atoms with E-state index in [2.05, 4.69) is 22.6 Å². The van der Waals surface area contributed by atoms with Gasteiger partial charge in [-0.05, 0) is 56.6 Å². The van der Waals surface area contributed by atoms with Crippen molar-refractivity contribution in [3.05, 3.63) is 34.9 Å². The van der Waals surface area contributed by atoms with E-state index in [1.807, 2.05) is 24.3 Å². The highest BCUT2D eigenvalue weighted by atomic mass is 35.5. The Kier molecular flexibility index (Phi) is 5.68. The maximum atomic E-state index is 11.7. The Morgan fingerprint density at radius 3 is 2.55 bits per heavy atom. The van der Waals surface area contributed by atoms with Gasteiger partial charge in [-0.2, -0.15) is 0 Å². The standard InChI is InChI=1S/C15H22ClN3O/c1-19-8-6-13(7-9-19)11-18-15(20)17-10-12-2-4-14(16)5-3-12/h2-5,13H,6-11H2,1H3,(H2,17,18,20). The summed E-state index contributed by atoms with van der Waals surface area (Å²) in [6.45, 7) is 3.54. The number of amides is 2. The number of carbonyl (C=O) groups is 1. The second-order valence-corrected chi connectivity index (χ2v) is 5.87. The van der Waals surface area contributed by atoms with Crippen molar-refractivity contribution in [2.45, 2.75) is 19.4 Å². The number of nitrogens with zero attached hydrogens (tertiary/aromatic N) is 1. The van der Waals surface area contributed by atoms with Crippen molar-refractivity contribution in [2.24, 2.45) is 5.92 Å². The van der Waals surface area contributed by atoms with Crippen LogP contribution in [0.3, 0.4) is 0 Å². The molecule has 1 heterocycles. The molecule has 2 rings (SSSR count). The van der Waals surface area contributed by atoms with Crippen LogP contribution in [0, 0.1) is 5.92 Å². The zero-order valence-corrected chi connectivity index (χ0v) is 12.6. The van der Waals surface area contributed by atoms with Gasteiger partial charge in [0.1, 0.15) is 0 Å². The number of rotatable bonds is 4. The highest BCUT2D eigenvalue weighted by Crippen LogP contribution is 2.14. The van der Waals surface area contributed by atoms with Gasteiger partial charge in [0.05, 0.1) is 0 Å². The SMILES string of the molecule is CN1CCC(CNC(=O)NCc2ccc(Cl)cc2)CC1. The number of urea groups is 1. The summed E-state index contributed by atoms with van der Waals surface area (Å²) in [5, 5.41) is 6.53. The molecule has 1 fully saturated rings. The molecular formula is C15H22ClN3O. The van der Waals surface area contributed by atoms with Crippen molar-refractivity contribution in [1.82, 2.24) is 15.5 Å². The van der Waals surface area contributed by atoms with Crippen molar-refractivity contribution >= 4 is 17.6 Å². The molecule has 0 unspecified atom stereocenters. The minimum absolute atomic E-state index is 0.0983. The van der Waals surface area contributed by atoms with E-state index in [4.69, 9.17) is 11.6 Å². The van der Waals surface area contributed by atoms with Gasteiger partial charge in [0.2, 0.25) is 0 Å². The lowest BCUT2D eigenvalue weighted by Gasteiger charge is -2.28. The quantitative estimate of drug-likeness (QED) is 0.896. The lowest BCUT2D eigenvalue weighted by Crippen LogP contribution is -2.40. The van der Waals surface area contributed by atoms with E-state index >= 15 is 0 Å². The highest BCUT2D eigenvalue weighted by Gasteiger charge is 2.16. The molecule has 0 atom stereocenters. The third-order valence-electron chi connectivity index (χ3n) is 3.76. The minimum Gasteiger partial charge on any atom is -0.338 e. The van der Waals surface area contributed by atoms with Gasteiger partial charge in [0.15, 0.2) is 0 Å². The average Bonchev–Trinajstić information content (AvgIpc) is 2.46. The van der Waals surface area contributed by atoms with Gasteiger partial charge in [-0.15, -0.1) is 0 Å². The molecule has 1 saturated heterocycles. The van der Waals surface area contributed by atoms with Crippen LogP contribution in [0.5, 0.6) is 0 Å². The molecule has 20 heavy (non-hydrogen) atoms. The smallest absolute Gasteiger partial charge is 0.315 e. The maximum absolute atomic E-state index is 11.7. The summed E-state index contributed by atoms with van der Waals surface area (Å²) in [5.41, 5.74) is 1.05. The molecule has 110 valence electrons.